The summed E-state index contributed by atoms with van der Waals surface area (Å²) in [5.74, 6) is 0.398. The van der Waals surface area contributed by atoms with Crippen molar-refractivity contribution in [3.63, 3.8) is 0 Å². The molecule has 0 unspecified atom stereocenters. The van der Waals surface area contributed by atoms with Crippen LogP contribution in [0.2, 0.25) is 0 Å². The van der Waals surface area contributed by atoms with Crippen molar-refractivity contribution in [2.75, 3.05) is 25.0 Å². The summed E-state index contributed by atoms with van der Waals surface area (Å²) >= 11 is 2.24. The van der Waals surface area contributed by atoms with Gasteiger partial charge in [0.05, 0.1) is 0 Å². The molecule has 5 nitrogen and oxygen atoms in total. The molecule has 1 aliphatic heterocycles. The summed E-state index contributed by atoms with van der Waals surface area (Å²) in [6.07, 6.45) is 2.12. The van der Waals surface area contributed by atoms with Crippen LogP contribution in [-0.2, 0) is 4.79 Å². The van der Waals surface area contributed by atoms with Gasteiger partial charge in [0.15, 0.2) is 6.61 Å². The zero-order valence-electron chi connectivity index (χ0n) is 14.6. The van der Waals surface area contributed by atoms with E-state index >= 15 is 0 Å². The van der Waals surface area contributed by atoms with E-state index in [1.54, 1.807) is 30.3 Å². The van der Waals surface area contributed by atoms with E-state index < -0.39 is 0 Å². The highest BCUT2D eigenvalue weighted by Gasteiger charge is 2.18. The monoisotopic (exact) mass is 464 g/mol. The van der Waals surface area contributed by atoms with Gasteiger partial charge in [-0.05, 0) is 78.3 Å². The molecule has 2 amide bonds. The fraction of sp³-hybridized carbons (Fsp3) is 0.300. The van der Waals surface area contributed by atoms with Crippen molar-refractivity contribution < 1.29 is 14.3 Å². The second-order valence-corrected chi connectivity index (χ2v) is 7.48. The van der Waals surface area contributed by atoms with Crippen molar-refractivity contribution in [2.24, 2.45) is 0 Å². The smallest absolute Gasteiger partial charge is 0.260 e. The molecule has 1 saturated heterocycles. The third kappa shape index (κ3) is 4.75. The first-order valence-corrected chi connectivity index (χ1v) is 9.69. The second kappa shape index (κ2) is 8.53. The van der Waals surface area contributed by atoms with E-state index in [4.69, 9.17) is 4.74 Å². The zero-order valence-corrected chi connectivity index (χ0v) is 16.8. The molecule has 26 heavy (non-hydrogen) atoms. The number of carbonyl (C=O) groups excluding carboxylic acids is 2. The predicted octanol–water partition coefficient (Wildman–Crippen LogP) is 3.85. The molecule has 1 fully saturated rings. The molecular formula is C20H21IN2O3. The van der Waals surface area contributed by atoms with E-state index in [-0.39, 0.29) is 18.4 Å². The van der Waals surface area contributed by atoms with Crippen LogP contribution in [0.15, 0.2) is 42.5 Å². The minimum absolute atomic E-state index is 0.00584. The lowest BCUT2D eigenvalue weighted by molar-refractivity contribution is -0.132. The summed E-state index contributed by atoms with van der Waals surface area (Å²) < 4.78 is 6.72. The lowest BCUT2D eigenvalue weighted by Crippen LogP contribution is -2.32. The molecule has 0 aliphatic carbocycles. The molecule has 0 saturated carbocycles. The molecule has 2 aromatic carbocycles. The van der Waals surface area contributed by atoms with E-state index in [9.17, 15) is 9.59 Å². The first-order valence-electron chi connectivity index (χ1n) is 8.61. The van der Waals surface area contributed by atoms with Crippen LogP contribution in [0.4, 0.5) is 5.69 Å². The summed E-state index contributed by atoms with van der Waals surface area (Å²) in [7, 11) is 0. The highest BCUT2D eigenvalue weighted by Crippen LogP contribution is 2.20. The van der Waals surface area contributed by atoms with Crippen LogP contribution < -0.4 is 10.1 Å². The van der Waals surface area contributed by atoms with Gasteiger partial charge in [0, 0.05) is 34.0 Å². The summed E-state index contributed by atoms with van der Waals surface area (Å²) in [6.45, 7) is 3.62. The van der Waals surface area contributed by atoms with Gasteiger partial charge in [0.25, 0.3) is 11.8 Å². The Morgan fingerprint density at radius 2 is 1.92 bits per heavy atom. The fourth-order valence-electron chi connectivity index (χ4n) is 2.86. The largest absolute Gasteiger partial charge is 0.484 e. The number of anilines is 1. The Morgan fingerprint density at radius 3 is 2.65 bits per heavy atom. The molecule has 0 atom stereocenters. The van der Waals surface area contributed by atoms with Crippen LogP contribution in [-0.4, -0.2) is 36.4 Å². The highest BCUT2D eigenvalue weighted by atomic mass is 127. The van der Waals surface area contributed by atoms with Gasteiger partial charge in [0.1, 0.15) is 5.75 Å². The number of hydrogen-bond donors (Lipinski definition) is 1. The van der Waals surface area contributed by atoms with Crippen molar-refractivity contribution in [1.29, 1.82) is 0 Å². The second-order valence-electron chi connectivity index (χ2n) is 6.32. The number of ether oxygens (including phenoxy) is 1. The average molecular weight is 464 g/mol. The number of benzene rings is 2. The van der Waals surface area contributed by atoms with E-state index in [0.29, 0.717) is 17.0 Å². The van der Waals surface area contributed by atoms with Crippen molar-refractivity contribution in [3.05, 3.63) is 57.2 Å². The van der Waals surface area contributed by atoms with Gasteiger partial charge in [-0.15, -0.1) is 0 Å². The molecule has 2 aromatic rings. The van der Waals surface area contributed by atoms with Crippen LogP contribution in [0.25, 0.3) is 0 Å². The Bertz CT molecular complexity index is 816. The molecule has 6 heteroatoms. The number of rotatable bonds is 5. The van der Waals surface area contributed by atoms with Gasteiger partial charge in [0.2, 0.25) is 0 Å². The molecule has 0 spiro atoms. The van der Waals surface area contributed by atoms with Crippen molar-refractivity contribution in [2.45, 2.75) is 19.8 Å². The number of hydrogen-bond acceptors (Lipinski definition) is 3. The molecule has 0 aromatic heterocycles. The number of nitrogens with one attached hydrogen (secondary N) is 1. The number of nitrogens with zero attached hydrogens (tertiary/aromatic N) is 1. The van der Waals surface area contributed by atoms with Crippen LogP contribution >= 0.6 is 22.6 Å². The maximum absolute atomic E-state index is 12.4. The maximum atomic E-state index is 12.4. The molecule has 1 N–H and O–H groups in total. The van der Waals surface area contributed by atoms with E-state index in [1.165, 1.54) is 0 Å². The van der Waals surface area contributed by atoms with Crippen LogP contribution in [0.3, 0.4) is 0 Å². The van der Waals surface area contributed by atoms with Crippen LogP contribution in [0, 0.1) is 10.5 Å². The third-order valence-electron chi connectivity index (χ3n) is 4.33. The first-order chi connectivity index (χ1) is 12.5. The van der Waals surface area contributed by atoms with Crippen LogP contribution in [0.1, 0.15) is 28.8 Å². The number of carbonyl (C=O) groups is 2. The minimum atomic E-state index is -0.171. The van der Waals surface area contributed by atoms with E-state index in [0.717, 1.165) is 35.1 Å². The van der Waals surface area contributed by atoms with Gasteiger partial charge >= 0.3 is 0 Å². The number of aryl methyl sites for hydroxylation is 1. The fourth-order valence-corrected chi connectivity index (χ4v) is 3.19. The SMILES string of the molecule is Cc1cc(C(=O)Nc2cccc(OCC(=O)N3CCCC3)c2)ccc1I. The molecule has 1 aliphatic rings. The lowest BCUT2D eigenvalue weighted by Gasteiger charge is -2.15. The Balaban J connectivity index is 1.60. The Labute approximate surface area is 166 Å². The summed E-state index contributed by atoms with van der Waals surface area (Å²) in [5, 5.41) is 2.87. The topological polar surface area (TPSA) is 58.6 Å². The van der Waals surface area contributed by atoms with E-state index in [1.807, 2.05) is 24.0 Å². The van der Waals surface area contributed by atoms with Gasteiger partial charge in [-0.25, -0.2) is 0 Å². The normalized spacial score (nSPS) is 13.5. The number of likely N-dealkylation sites (tertiary alicyclic amines) is 1. The predicted molar refractivity (Wildman–Crippen MR) is 110 cm³/mol. The lowest BCUT2D eigenvalue weighted by atomic mass is 10.1. The summed E-state index contributed by atoms with van der Waals surface area (Å²) in [6, 6.07) is 12.7. The molecule has 0 radical (unpaired) electrons. The van der Waals surface area contributed by atoms with Crippen molar-refractivity contribution in [3.8, 4) is 5.75 Å². The average Bonchev–Trinajstić information content (AvgIpc) is 3.17. The van der Waals surface area contributed by atoms with Gasteiger partial charge in [-0.2, -0.15) is 0 Å². The molecule has 1 heterocycles. The summed E-state index contributed by atoms with van der Waals surface area (Å²) in [4.78, 5) is 26.3. The zero-order chi connectivity index (χ0) is 18.5. The number of amides is 2. The third-order valence-corrected chi connectivity index (χ3v) is 5.54. The minimum Gasteiger partial charge on any atom is -0.484 e. The molecule has 136 valence electrons. The van der Waals surface area contributed by atoms with Gasteiger partial charge < -0.3 is 15.0 Å². The summed E-state index contributed by atoms with van der Waals surface area (Å²) in [5.41, 5.74) is 2.31. The Kier molecular flexibility index (Phi) is 6.13. The van der Waals surface area contributed by atoms with Gasteiger partial charge in [-0.1, -0.05) is 6.07 Å². The van der Waals surface area contributed by atoms with Gasteiger partial charge in [-0.3, -0.25) is 9.59 Å². The van der Waals surface area contributed by atoms with Crippen LogP contribution in [0.5, 0.6) is 5.75 Å². The number of halogens is 1. The molecule has 3 rings (SSSR count). The Morgan fingerprint density at radius 1 is 1.15 bits per heavy atom. The van der Waals surface area contributed by atoms with Crippen molar-refractivity contribution in [1.82, 2.24) is 4.90 Å². The Hall–Kier alpha value is -2.09. The van der Waals surface area contributed by atoms with Crippen molar-refractivity contribution >= 4 is 40.1 Å². The first kappa shape index (κ1) is 18.7. The standard InChI is InChI=1S/C20H21IN2O3/c1-14-11-15(7-8-18(14)21)20(25)22-16-5-4-6-17(12-16)26-13-19(24)23-9-2-3-10-23/h4-8,11-12H,2-3,9-10,13H2,1H3,(H,22,25). The quantitative estimate of drug-likeness (QED) is 0.685. The highest BCUT2D eigenvalue weighted by molar-refractivity contribution is 14.1. The molecule has 0 bridgehead atoms. The van der Waals surface area contributed by atoms with E-state index in [2.05, 4.69) is 27.9 Å². The maximum Gasteiger partial charge on any atom is 0.260 e. The molecular weight excluding hydrogens is 443 g/mol.